The van der Waals surface area contributed by atoms with Crippen molar-refractivity contribution in [2.24, 2.45) is 0 Å². The summed E-state index contributed by atoms with van der Waals surface area (Å²) in [5, 5.41) is 8.37. The van der Waals surface area contributed by atoms with E-state index in [-0.39, 0.29) is 5.91 Å². The molecule has 82 valence electrons. The Kier molecular flexibility index (Phi) is 3.77. The molecule has 1 aliphatic rings. The van der Waals surface area contributed by atoms with Gasteiger partial charge in [-0.25, -0.2) is 0 Å². The SMILES string of the molecule is O=C1CCC(CNCc2cc(Br)cs2)N1. The van der Waals surface area contributed by atoms with Gasteiger partial charge in [-0.1, -0.05) is 0 Å². The quantitative estimate of drug-likeness (QED) is 0.888. The van der Waals surface area contributed by atoms with Crippen LogP contribution < -0.4 is 10.6 Å². The van der Waals surface area contributed by atoms with Gasteiger partial charge in [-0.3, -0.25) is 4.79 Å². The van der Waals surface area contributed by atoms with Gasteiger partial charge < -0.3 is 10.6 Å². The van der Waals surface area contributed by atoms with Gasteiger partial charge in [0.05, 0.1) is 0 Å². The average molecular weight is 289 g/mol. The molecule has 1 aliphatic heterocycles. The van der Waals surface area contributed by atoms with Gasteiger partial charge in [-0.05, 0) is 28.4 Å². The number of nitrogens with one attached hydrogen (secondary N) is 2. The van der Waals surface area contributed by atoms with Gasteiger partial charge >= 0.3 is 0 Å². The monoisotopic (exact) mass is 288 g/mol. The van der Waals surface area contributed by atoms with Gasteiger partial charge in [0.15, 0.2) is 0 Å². The molecule has 2 heterocycles. The smallest absolute Gasteiger partial charge is 0.220 e. The first-order valence-electron chi connectivity index (χ1n) is 4.97. The van der Waals surface area contributed by atoms with E-state index in [1.54, 1.807) is 11.3 Å². The zero-order chi connectivity index (χ0) is 10.7. The molecular formula is C10H13BrN2OS. The van der Waals surface area contributed by atoms with Crippen LogP contribution in [0.4, 0.5) is 0 Å². The minimum atomic E-state index is 0.181. The molecule has 0 radical (unpaired) electrons. The van der Waals surface area contributed by atoms with Crippen molar-refractivity contribution in [2.45, 2.75) is 25.4 Å². The number of amides is 1. The predicted octanol–water partition coefficient (Wildman–Crippen LogP) is 1.88. The van der Waals surface area contributed by atoms with Crippen molar-refractivity contribution >= 4 is 33.2 Å². The minimum absolute atomic E-state index is 0.181. The molecule has 1 saturated heterocycles. The van der Waals surface area contributed by atoms with E-state index in [4.69, 9.17) is 0 Å². The van der Waals surface area contributed by atoms with Gasteiger partial charge in [0.25, 0.3) is 0 Å². The molecule has 2 rings (SSSR count). The first-order chi connectivity index (χ1) is 7.24. The lowest BCUT2D eigenvalue weighted by atomic mass is 10.2. The molecule has 1 unspecified atom stereocenters. The van der Waals surface area contributed by atoms with Crippen molar-refractivity contribution in [3.8, 4) is 0 Å². The lowest BCUT2D eigenvalue weighted by Gasteiger charge is -2.10. The van der Waals surface area contributed by atoms with E-state index in [1.165, 1.54) is 4.88 Å². The number of hydrogen-bond donors (Lipinski definition) is 2. The molecule has 1 amide bonds. The van der Waals surface area contributed by atoms with E-state index in [2.05, 4.69) is 38.0 Å². The summed E-state index contributed by atoms with van der Waals surface area (Å²) in [5.74, 6) is 0.181. The average Bonchev–Trinajstić information content (AvgIpc) is 2.76. The first-order valence-corrected chi connectivity index (χ1v) is 6.64. The van der Waals surface area contributed by atoms with Crippen LogP contribution in [0.3, 0.4) is 0 Å². The van der Waals surface area contributed by atoms with Crippen LogP contribution in [-0.2, 0) is 11.3 Å². The van der Waals surface area contributed by atoms with Crippen LogP contribution in [0.15, 0.2) is 15.9 Å². The van der Waals surface area contributed by atoms with E-state index in [9.17, 15) is 4.79 Å². The van der Waals surface area contributed by atoms with E-state index < -0.39 is 0 Å². The van der Waals surface area contributed by atoms with Gasteiger partial charge in [-0.2, -0.15) is 0 Å². The van der Waals surface area contributed by atoms with Crippen LogP contribution >= 0.6 is 27.3 Å². The van der Waals surface area contributed by atoms with Crippen molar-refractivity contribution in [2.75, 3.05) is 6.54 Å². The highest BCUT2D eigenvalue weighted by Crippen LogP contribution is 2.19. The second kappa shape index (κ2) is 5.09. The Labute approximate surface area is 101 Å². The third-order valence-corrected chi connectivity index (χ3v) is 4.09. The molecular weight excluding hydrogens is 276 g/mol. The zero-order valence-corrected chi connectivity index (χ0v) is 10.7. The molecule has 0 aliphatic carbocycles. The highest BCUT2D eigenvalue weighted by atomic mass is 79.9. The summed E-state index contributed by atoms with van der Waals surface area (Å²) in [5.41, 5.74) is 0. The topological polar surface area (TPSA) is 41.1 Å². The Morgan fingerprint density at radius 3 is 3.13 bits per heavy atom. The molecule has 0 aromatic carbocycles. The summed E-state index contributed by atoms with van der Waals surface area (Å²) in [4.78, 5) is 12.3. The molecule has 0 bridgehead atoms. The summed E-state index contributed by atoms with van der Waals surface area (Å²) >= 11 is 5.16. The lowest BCUT2D eigenvalue weighted by molar-refractivity contribution is -0.119. The van der Waals surface area contributed by atoms with Crippen molar-refractivity contribution < 1.29 is 4.79 Å². The van der Waals surface area contributed by atoms with Crippen molar-refractivity contribution in [1.82, 2.24) is 10.6 Å². The van der Waals surface area contributed by atoms with E-state index >= 15 is 0 Å². The molecule has 2 N–H and O–H groups in total. The summed E-state index contributed by atoms with van der Waals surface area (Å²) in [6, 6.07) is 2.44. The van der Waals surface area contributed by atoms with E-state index in [0.29, 0.717) is 12.5 Å². The number of rotatable bonds is 4. The molecule has 1 fully saturated rings. The highest BCUT2D eigenvalue weighted by Gasteiger charge is 2.19. The summed E-state index contributed by atoms with van der Waals surface area (Å²) in [7, 11) is 0. The number of thiophene rings is 1. The maximum absolute atomic E-state index is 10.9. The van der Waals surface area contributed by atoms with E-state index in [1.807, 2.05) is 0 Å². The van der Waals surface area contributed by atoms with Crippen LogP contribution in [0.25, 0.3) is 0 Å². The zero-order valence-electron chi connectivity index (χ0n) is 8.25. The third kappa shape index (κ3) is 3.29. The largest absolute Gasteiger partial charge is 0.352 e. The van der Waals surface area contributed by atoms with Crippen LogP contribution in [-0.4, -0.2) is 18.5 Å². The molecule has 1 aromatic heterocycles. The Bertz CT molecular complexity index is 353. The number of carbonyl (C=O) groups is 1. The fourth-order valence-corrected chi connectivity index (χ4v) is 3.07. The standard InChI is InChI=1S/C10H13BrN2OS/c11-7-3-9(15-6-7)5-12-4-8-1-2-10(14)13-8/h3,6,8,12H,1-2,4-5H2,(H,13,14). The maximum atomic E-state index is 10.9. The Hall–Kier alpha value is -0.390. The van der Waals surface area contributed by atoms with Crippen LogP contribution in [0.5, 0.6) is 0 Å². The molecule has 15 heavy (non-hydrogen) atoms. The summed E-state index contributed by atoms with van der Waals surface area (Å²) < 4.78 is 1.14. The van der Waals surface area contributed by atoms with Gasteiger partial charge in [0, 0.05) is 40.3 Å². The fraction of sp³-hybridized carbons (Fsp3) is 0.500. The molecule has 1 atom stereocenters. The number of carbonyl (C=O) groups excluding carboxylic acids is 1. The lowest BCUT2D eigenvalue weighted by Crippen LogP contribution is -2.35. The van der Waals surface area contributed by atoms with Gasteiger partial charge in [0.1, 0.15) is 0 Å². The summed E-state index contributed by atoms with van der Waals surface area (Å²) in [6.07, 6.45) is 1.64. The molecule has 3 nitrogen and oxygen atoms in total. The normalized spacial score (nSPS) is 20.6. The number of hydrogen-bond acceptors (Lipinski definition) is 3. The van der Waals surface area contributed by atoms with Crippen molar-refractivity contribution in [3.63, 3.8) is 0 Å². The Morgan fingerprint density at radius 2 is 2.53 bits per heavy atom. The summed E-state index contributed by atoms with van der Waals surface area (Å²) in [6.45, 7) is 1.74. The first kappa shape index (κ1) is 11.1. The highest BCUT2D eigenvalue weighted by molar-refractivity contribution is 9.10. The van der Waals surface area contributed by atoms with Crippen molar-refractivity contribution in [3.05, 3.63) is 20.8 Å². The van der Waals surface area contributed by atoms with E-state index in [0.717, 1.165) is 24.0 Å². The molecule has 0 spiro atoms. The van der Waals surface area contributed by atoms with Crippen molar-refractivity contribution in [1.29, 1.82) is 0 Å². The second-order valence-electron chi connectivity index (χ2n) is 3.67. The van der Waals surface area contributed by atoms with Crippen LogP contribution in [0.2, 0.25) is 0 Å². The Balaban J connectivity index is 1.69. The molecule has 5 heteroatoms. The number of halogens is 1. The Morgan fingerprint density at radius 1 is 1.67 bits per heavy atom. The van der Waals surface area contributed by atoms with Gasteiger partial charge in [-0.15, -0.1) is 11.3 Å². The second-order valence-corrected chi connectivity index (χ2v) is 5.58. The van der Waals surface area contributed by atoms with Gasteiger partial charge in [0.2, 0.25) is 5.91 Å². The molecule has 1 aromatic rings. The minimum Gasteiger partial charge on any atom is -0.352 e. The molecule has 0 saturated carbocycles. The maximum Gasteiger partial charge on any atom is 0.220 e. The fourth-order valence-electron chi connectivity index (χ4n) is 1.65. The van der Waals surface area contributed by atoms with Crippen LogP contribution in [0.1, 0.15) is 17.7 Å². The predicted molar refractivity (Wildman–Crippen MR) is 64.9 cm³/mol. The third-order valence-electron chi connectivity index (χ3n) is 2.40. The van der Waals surface area contributed by atoms with Crippen LogP contribution in [0, 0.1) is 0 Å².